The molecule has 1 unspecified atom stereocenters. The zero-order valence-electron chi connectivity index (χ0n) is 15.4. The van der Waals surface area contributed by atoms with E-state index in [-0.39, 0.29) is 5.25 Å². The molecule has 0 N–H and O–H groups in total. The molecule has 0 saturated heterocycles. The van der Waals surface area contributed by atoms with E-state index < -0.39 is 10.0 Å². The molecule has 0 aliphatic heterocycles. The van der Waals surface area contributed by atoms with Crippen LogP contribution < -0.4 is 0 Å². The molecule has 1 aromatic heterocycles. The molecule has 28 heavy (non-hydrogen) atoms. The van der Waals surface area contributed by atoms with E-state index in [9.17, 15) is 8.42 Å². The van der Waals surface area contributed by atoms with Gasteiger partial charge in [-0.2, -0.15) is 0 Å². The summed E-state index contributed by atoms with van der Waals surface area (Å²) in [6.07, 6.45) is 5.59. The standard InChI is InChI=1S/C22H20ClNO2S2/c1-2-16-8-13-21(27-18-11-9-17(23)10-12-18)22-20(16)14-15-24(22)28(25,26)19-6-4-3-5-7-19/h3-12,14-15,21H,2,13H2,1H3. The predicted molar refractivity (Wildman–Crippen MR) is 116 cm³/mol. The third kappa shape index (κ3) is 3.54. The lowest BCUT2D eigenvalue weighted by Gasteiger charge is -2.25. The maximum Gasteiger partial charge on any atom is 0.267 e. The highest BCUT2D eigenvalue weighted by molar-refractivity contribution is 7.99. The minimum Gasteiger partial charge on any atom is -0.244 e. The van der Waals surface area contributed by atoms with Crippen LogP contribution in [0.5, 0.6) is 0 Å². The van der Waals surface area contributed by atoms with Crippen molar-refractivity contribution < 1.29 is 8.42 Å². The van der Waals surface area contributed by atoms with Crippen molar-refractivity contribution in [3.63, 3.8) is 0 Å². The normalized spacial score (nSPS) is 16.5. The summed E-state index contributed by atoms with van der Waals surface area (Å²) in [4.78, 5) is 1.37. The van der Waals surface area contributed by atoms with Crippen molar-refractivity contribution in [3.8, 4) is 0 Å². The summed E-state index contributed by atoms with van der Waals surface area (Å²) in [7, 11) is -3.65. The van der Waals surface area contributed by atoms with Crippen molar-refractivity contribution in [3.05, 3.63) is 89.2 Å². The Labute approximate surface area is 175 Å². The molecular weight excluding hydrogens is 410 g/mol. The third-order valence-corrected chi connectivity index (χ3v) is 8.09. The molecule has 0 bridgehead atoms. The summed E-state index contributed by atoms with van der Waals surface area (Å²) in [5, 5.41) is 0.705. The van der Waals surface area contributed by atoms with Gasteiger partial charge in [0.05, 0.1) is 15.8 Å². The molecule has 1 atom stereocenters. The van der Waals surface area contributed by atoms with Gasteiger partial charge in [-0.1, -0.05) is 42.8 Å². The van der Waals surface area contributed by atoms with Gasteiger partial charge in [0.15, 0.2) is 0 Å². The number of thioether (sulfide) groups is 1. The van der Waals surface area contributed by atoms with Crippen LogP contribution >= 0.6 is 23.4 Å². The lowest BCUT2D eigenvalue weighted by molar-refractivity contribution is 0.584. The lowest BCUT2D eigenvalue weighted by Crippen LogP contribution is -2.18. The molecule has 1 aliphatic carbocycles. The van der Waals surface area contributed by atoms with Gasteiger partial charge < -0.3 is 0 Å². The van der Waals surface area contributed by atoms with E-state index in [4.69, 9.17) is 11.6 Å². The molecule has 0 fully saturated rings. The molecule has 3 aromatic rings. The van der Waals surface area contributed by atoms with Gasteiger partial charge in [0.2, 0.25) is 0 Å². The monoisotopic (exact) mass is 429 g/mol. The van der Waals surface area contributed by atoms with Gasteiger partial charge in [-0.3, -0.25) is 0 Å². The Kier molecular flexibility index (Phi) is 5.41. The summed E-state index contributed by atoms with van der Waals surface area (Å²) < 4.78 is 28.1. The average molecular weight is 430 g/mol. The van der Waals surface area contributed by atoms with Crippen molar-refractivity contribution in [2.75, 3.05) is 0 Å². The van der Waals surface area contributed by atoms with Crippen LogP contribution in [-0.4, -0.2) is 12.4 Å². The smallest absolute Gasteiger partial charge is 0.244 e. The number of fused-ring (bicyclic) bond motifs is 1. The number of nitrogens with zero attached hydrogens (tertiary/aromatic N) is 1. The Balaban J connectivity index is 1.80. The molecule has 3 nitrogen and oxygen atoms in total. The Hall–Kier alpha value is -1.95. The summed E-state index contributed by atoms with van der Waals surface area (Å²) in [5.74, 6) is 0. The average Bonchev–Trinajstić information content (AvgIpc) is 3.17. The van der Waals surface area contributed by atoms with Gasteiger partial charge in [-0.25, -0.2) is 12.4 Å². The van der Waals surface area contributed by atoms with Crippen molar-refractivity contribution in [2.45, 2.75) is 34.8 Å². The molecule has 6 heteroatoms. The number of hydrogen-bond donors (Lipinski definition) is 0. The molecular formula is C22H20ClNO2S2. The van der Waals surface area contributed by atoms with Crippen LogP contribution in [0.25, 0.3) is 5.57 Å². The number of aromatic nitrogens is 1. The fourth-order valence-corrected chi connectivity index (χ4v) is 6.31. The van der Waals surface area contributed by atoms with Crippen molar-refractivity contribution in [2.24, 2.45) is 0 Å². The van der Waals surface area contributed by atoms with Crippen LogP contribution in [0.15, 0.2) is 82.7 Å². The second kappa shape index (κ2) is 7.82. The Morgan fingerprint density at radius 3 is 2.46 bits per heavy atom. The molecule has 0 saturated carbocycles. The SMILES string of the molecule is CCC1=CCC(Sc2ccc(Cl)cc2)c2c1ccn2S(=O)(=O)c1ccccc1. The first-order chi connectivity index (χ1) is 13.5. The fourth-order valence-electron chi connectivity index (χ4n) is 3.52. The molecule has 0 spiro atoms. The number of hydrogen-bond acceptors (Lipinski definition) is 3. The van der Waals surface area contributed by atoms with Crippen molar-refractivity contribution in [1.82, 2.24) is 3.97 Å². The predicted octanol–water partition coefficient (Wildman–Crippen LogP) is 6.41. The van der Waals surface area contributed by atoms with Gasteiger partial charge in [-0.15, -0.1) is 11.8 Å². The maximum absolute atomic E-state index is 13.3. The molecule has 1 heterocycles. The second-order valence-electron chi connectivity index (χ2n) is 6.61. The Morgan fingerprint density at radius 1 is 1.07 bits per heavy atom. The molecule has 0 amide bonds. The zero-order valence-corrected chi connectivity index (χ0v) is 17.8. The zero-order chi connectivity index (χ0) is 19.7. The van der Waals surface area contributed by atoms with E-state index in [1.54, 1.807) is 42.2 Å². The molecule has 4 rings (SSSR count). The quantitative estimate of drug-likeness (QED) is 0.470. The minimum absolute atomic E-state index is 0.0139. The number of benzene rings is 2. The molecule has 1 aliphatic rings. The Bertz CT molecular complexity index is 1120. The van der Waals surface area contributed by atoms with Gasteiger partial charge in [0.25, 0.3) is 10.0 Å². The van der Waals surface area contributed by atoms with Gasteiger partial charge in [0.1, 0.15) is 0 Å². The van der Waals surface area contributed by atoms with E-state index in [0.717, 1.165) is 29.0 Å². The van der Waals surface area contributed by atoms with Crippen LogP contribution in [0.2, 0.25) is 5.02 Å². The summed E-state index contributed by atoms with van der Waals surface area (Å²) in [5.41, 5.74) is 3.08. The second-order valence-corrected chi connectivity index (χ2v) is 10.1. The fraction of sp³-hybridized carbons (Fsp3) is 0.182. The minimum atomic E-state index is -3.65. The van der Waals surface area contributed by atoms with E-state index in [1.165, 1.54) is 9.55 Å². The highest BCUT2D eigenvalue weighted by Crippen LogP contribution is 2.46. The molecule has 0 radical (unpaired) electrons. The largest absolute Gasteiger partial charge is 0.267 e. The first-order valence-electron chi connectivity index (χ1n) is 9.14. The van der Waals surface area contributed by atoms with E-state index in [0.29, 0.717) is 9.92 Å². The summed E-state index contributed by atoms with van der Waals surface area (Å²) in [6.45, 7) is 2.10. The molecule has 2 aromatic carbocycles. The van der Waals surface area contributed by atoms with Crippen molar-refractivity contribution >= 4 is 39.0 Å². The van der Waals surface area contributed by atoms with Gasteiger partial charge in [-0.05, 0) is 60.9 Å². The topological polar surface area (TPSA) is 39.1 Å². The highest BCUT2D eigenvalue weighted by atomic mass is 35.5. The maximum atomic E-state index is 13.3. The Morgan fingerprint density at radius 2 is 1.79 bits per heavy atom. The van der Waals surface area contributed by atoms with Crippen LogP contribution in [-0.2, 0) is 10.0 Å². The van der Waals surface area contributed by atoms with Crippen LogP contribution in [0, 0.1) is 0 Å². The third-order valence-electron chi connectivity index (χ3n) is 4.89. The van der Waals surface area contributed by atoms with E-state index in [2.05, 4.69) is 13.0 Å². The van der Waals surface area contributed by atoms with Crippen LogP contribution in [0.1, 0.15) is 36.3 Å². The highest BCUT2D eigenvalue weighted by Gasteiger charge is 2.30. The number of allylic oxidation sites excluding steroid dienone is 2. The van der Waals surface area contributed by atoms with E-state index in [1.807, 2.05) is 36.4 Å². The summed E-state index contributed by atoms with van der Waals surface area (Å²) in [6, 6.07) is 18.2. The van der Waals surface area contributed by atoms with Gasteiger partial charge >= 0.3 is 0 Å². The van der Waals surface area contributed by atoms with Crippen LogP contribution in [0.4, 0.5) is 0 Å². The first kappa shape index (κ1) is 19.4. The number of rotatable bonds is 5. The lowest BCUT2D eigenvalue weighted by atomic mass is 9.95. The first-order valence-corrected chi connectivity index (χ1v) is 11.8. The van der Waals surface area contributed by atoms with Crippen LogP contribution in [0.3, 0.4) is 0 Å². The van der Waals surface area contributed by atoms with Gasteiger partial charge in [0, 0.05) is 21.7 Å². The van der Waals surface area contributed by atoms with E-state index >= 15 is 0 Å². The number of halogens is 1. The molecule has 144 valence electrons. The summed E-state index contributed by atoms with van der Waals surface area (Å²) >= 11 is 7.68. The van der Waals surface area contributed by atoms with Crippen molar-refractivity contribution in [1.29, 1.82) is 0 Å².